The molecule has 2 heterocycles. The lowest BCUT2D eigenvalue weighted by Crippen LogP contribution is -2.60. The first-order valence-corrected chi connectivity index (χ1v) is 9.70. The number of sulfone groups is 1. The first kappa shape index (κ1) is 17.4. The second kappa shape index (κ2) is 7.10. The average molecular weight is 330 g/mol. The lowest BCUT2D eigenvalue weighted by molar-refractivity contribution is -0.139. The molecule has 0 radical (unpaired) electrons. The van der Waals surface area contributed by atoms with Crippen molar-refractivity contribution < 1.29 is 18.3 Å². The minimum atomic E-state index is -3.07. The van der Waals surface area contributed by atoms with E-state index in [-0.39, 0.29) is 30.1 Å². The second-order valence-electron chi connectivity index (χ2n) is 6.30. The molecule has 0 aromatic heterocycles. The minimum absolute atomic E-state index is 0.0616. The van der Waals surface area contributed by atoms with Crippen molar-refractivity contribution >= 4 is 15.8 Å². The fourth-order valence-corrected chi connectivity index (χ4v) is 5.41. The molecule has 2 atom stereocenters. The van der Waals surface area contributed by atoms with E-state index in [0.717, 1.165) is 25.9 Å². The third-order valence-electron chi connectivity index (χ3n) is 4.71. The van der Waals surface area contributed by atoms with Gasteiger partial charge < -0.3 is 5.11 Å². The highest BCUT2D eigenvalue weighted by Crippen LogP contribution is 2.27. The van der Waals surface area contributed by atoms with Gasteiger partial charge in [-0.15, -0.1) is 0 Å². The van der Waals surface area contributed by atoms with Gasteiger partial charge in [0.05, 0.1) is 18.1 Å². The summed E-state index contributed by atoms with van der Waals surface area (Å²) in [4.78, 5) is 15.0. The van der Waals surface area contributed by atoms with Crippen LogP contribution < -0.4 is 0 Å². The largest absolute Gasteiger partial charge is 0.480 e. The van der Waals surface area contributed by atoms with Crippen molar-refractivity contribution in [1.82, 2.24) is 9.80 Å². The first-order valence-electron chi connectivity index (χ1n) is 7.88. The van der Waals surface area contributed by atoms with Crippen LogP contribution in [-0.4, -0.2) is 79.1 Å². The van der Waals surface area contributed by atoms with Crippen LogP contribution in [0.2, 0.25) is 0 Å². The zero-order valence-electron chi connectivity index (χ0n) is 13.4. The molecule has 126 valence electrons. The molecular formula is C15H26N2O4S. The third kappa shape index (κ3) is 4.30. The van der Waals surface area contributed by atoms with E-state index >= 15 is 0 Å². The summed E-state index contributed by atoms with van der Waals surface area (Å²) in [5.41, 5.74) is 1.35. The van der Waals surface area contributed by atoms with Gasteiger partial charge in [0.1, 0.15) is 0 Å². The molecule has 6 nitrogen and oxygen atoms in total. The zero-order chi connectivity index (χ0) is 16.3. The fraction of sp³-hybridized carbons (Fsp3) is 0.800. The Balaban J connectivity index is 2.04. The quantitative estimate of drug-likeness (QED) is 0.719. The zero-order valence-corrected chi connectivity index (χ0v) is 14.2. The van der Waals surface area contributed by atoms with Crippen LogP contribution in [0.3, 0.4) is 0 Å². The SMILES string of the molecule is CC/C(C)=C/CCN1CCN(CC(=O)O)[C@@H]2CS(=O)(=O)C[C@@H]21. The van der Waals surface area contributed by atoms with Crippen LogP contribution in [0.5, 0.6) is 0 Å². The van der Waals surface area contributed by atoms with Crippen LogP contribution in [0.1, 0.15) is 26.7 Å². The smallest absolute Gasteiger partial charge is 0.317 e. The highest BCUT2D eigenvalue weighted by Gasteiger charge is 2.46. The van der Waals surface area contributed by atoms with Gasteiger partial charge in [-0.1, -0.05) is 18.6 Å². The van der Waals surface area contributed by atoms with Gasteiger partial charge in [-0.05, 0) is 19.8 Å². The molecule has 0 aromatic rings. The third-order valence-corrected chi connectivity index (χ3v) is 6.41. The standard InChI is InChI=1S/C15H26N2O4S/c1-3-12(2)5-4-6-16-7-8-17(9-15(18)19)14-11-22(20,21)10-13(14)16/h5,13-14H,3-4,6-11H2,1-2H3,(H,18,19)/b12-5+/t13-,14+/m0/s1. The van der Waals surface area contributed by atoms with E-state index in [4.69, 9.17) is 5.11 Å². The number of carboxylic acids is 1. The van der Waals surface area contributed by atoms with E-state index in [1.165, 1.54) is 5.57 Å². The Labute approximate surface area is 132 Å². The maximum Gasteiger partial charge on any atom is 0.317 e. The van der Waals surface area contributed by atoms with Crippen LogP contribution in [0, 0.1) is 0 Å². The summed E-state index contributed by atoms with van der Waals surface area (Å²) in [7, 11) is -3.07. The van der Waals surface area contributed by atoms with Crippen molar-refractivity contribution in [2.24, 2.45) is 0 Å². The maximum absolute atomic E-state index is 12.0. The monoisotopic (exact) mass is 330 g/mol. The summed E-state index contributed by atoms with van der Waals surface area (Å²) in [5, 5.41) is 9.00. The van der Waals surface area contributed by atoms with Crippen molar-refractivity contribution in [2.75, 3.05) is 37.7 Å². The Hall–Kier alpha value is -0.920. The van der Waals surface area contributed by atoms with E-state index in [1.807, 2.05) is 4.90 Å². The van der Waals surface area contributed by atoms with E-state index in [1.54, 1.807) is 0 Å². The number of nitrogens with zero attached hydrogens (tertiary/aromatic N) is 2. The topological polar surface area (TPSA) is 77.9 Å². The Morgan fingerprint density at radius 3 is 2.41 bits per heavy atom. The molecule has 0 saturated carbocycles. The predicted molar refractivity (Wildman–Crippen MR) is 85.7 cm³/mol. The van der Waals surface area contributed by atoms with Crippen LogP contribution in [-0.2, 0) is 14.6 Å². The van der Waals surface area contributed by atoms with Gasteiger partial charge in [-0.25, -0.2) is 8.42 Å². The molecule has 2 aliphatic rings. The number of hydrogen-bond acceptors (Lipinski definition) is 5. The van der Waals surface area contributed by atoms with Crippen molar-refractivity contribution in [3.8, 4) is 0 Å². The first-order chi connectivity index (χ1) is 10.3. The number of fused-ring (bicyclic) bond motifs is 1. The van der Waals surface area contributed by atoms with Crippen molar-refractivity contribution in [3.05, 3.63) is 11.6 Å². The number of allylic oxidation sites excluding steroid dienone is 1. The molecule has 7 heteroatoms. The molecule has 0 amide bonds. The van der Waals surface area contributed by atoms with Gasteiger partial charge in [0.2, 0.25) is 0 Å². The molecule has 22 heavy (non-hydrogen) atoms. The number of carboxylic acid groups (broad SMARTS) is 1. The van der Waals surface area contributed by atoms with E-state index in [9.17, 15) is 13.2 Å². The van der Waals surface area contributed by atoms with Gasteiger partial charge in [0.15, 0.2) is 9.84 Å². The highest BCUT2D eigenvalue weighted by molar-refractivity contribution is 7.91. The van der Waals surface area contributed by atoms with Crippen LogP contribution >= 0.6 is 0 Å². The molecule has 2 fully saturated rings. The van der Waals surface area contributed by atoms with Gasteiger partial charge in [-0.2, -0.15) is 0 Å². The van der Waals surface area contributed by atoms with Crippen LogP contribution in [0.15, 0.2) is 11.6 Å². The van der Waals surface area contributed by atoms with Crippen LogP contribution in [0.4, 0.5) is 0 Å². The molecule has 0 unspecified atom stereocenters. The molecular weight excluding hydrogens is 304 g/mol. The lowest BCUT2D eigenvalue weighted by atomic mass is 10.0. The Kier molecular flexibility index (Phi) is 5.63. The van der Waals surface area contributed by atoms with Crippen molar-refractivity contribution in [2.45, 2.75) is 38.8 Å². The summed E-state index contributed by atoms with van der Waals surface area (Å²) >= 11 is 0. The Morgan fingerprint density at radius 1 is 1.23 bits per heavy atom. The maximum atomic E-state index is 12.0. The second-order valence-corrected chi connectivity index (χ2v) is 8.46. The Morgan fingerprint density at radius 2 is 1.82 bits per heavy atom. The molecule has 1 N–H and O–H groups in total. The summed E-state index contributed by atoms with van der Waals surface area (Å²) in [6.07, 6.45) is 4.16. The van der Waals surface area contributed by atoms with E-state index in [2.05, 4.69) is 24.8 Å². The molecule has 0 spiro atoms. The van der Waals surface area contributed by atoms with Crippen molar-refractivity contribution in [1.29, 1.82) is 0 Å². The molecule has 0 aromatic carbocycles. The molecule has 2 saturated heterocycles. The highest BCUT2D eigenvalue weighted by atomic mass is 32.2. The Bertz CT molecular complexity index is 544. The molecule has 0 aliphatic carbocycles. The van der Waals surface area contributed by atoms with E-state index < -0.39 is 15.8 Å². The van der Waals surface area contributed by atoms with Gasteiger partial charge in [0, 0.05) is 31.7 Å². The molecule has 2 rings (SSSR count). The van der Waals surface area contributed by atoms with Gasteiger partial charge in [-0.3, -0.25) is 14.6 Å². The predicted octanol–water partition coefficient (Wildman–Crippen LogP) is 0.601. The summed E-state index contributed by atoms with van der Waals surface area (Å²) in [6, 6.07) is -0.237. The van der Waals surface area contributed by atoms with E-state index in [0.29, 0.717) is 6.54 Å². The molecule has 0 bridgehead atoms. The summed E-state index contributed by atoms with van der Waals surface area (Å²) in [6.45, 7) is 6.36. The number of hydrogen-bond donors (Lipinski definition) is 1. The summed E-state index contributed by atoms with van der Waals surface area (Å²) < 4.78 is 24.0. The van der Waals surface area contributed by atoms with Gasteiger partial charge in [0.25, 0.3) is 0 Å². The number of rotatable bonds is 6. The van der Waals surface area contributed by atoms with Gasteiger partial charge >= 0.3 is 5.97 Å². The molecule has 2 aliphatic heterocycles. The number of aliphatic carboxylic acids is 1. The lowest BCUT2D eigenvalue weighted by Gasteiger charge is -2.43. The normalized spacial score (nSPS) is 29.5. The number of piperazine rings is 1. The van der Waals surface area contributed by atoms with Crippen molar-refractivity contribution in [3.63, 3.8) is 0 Å². The summed E-state index contributed by atoms with van der Waals surface area (Å²) in [5.74, 6) is -0.645. The van der Waals surface area contributed by atoms with Crippen LogP contribution in [0.25, 0.3) is 0 Å². The average Bonchev–Trinajstić information content (AvgIpc) is 2.76. The minimum Gasteiger partial charge on any atom is -0.480 e. The number of carbonyl (C=O) groups is 1. The fourth-order valence-electron chi connectivity index (χ4n) is 3.37.